The van der Waals surface area contributed by atoms with Crippen LogP contribution in [0, 0.1) is 0 Å². The second-order valence-electron chi connectivity index (χ2n) is 6.48. The molecular weight excluding hydrogens is 344 g/mol. The van der Waals surface area contributed by atoms with E-state index in [2.05, 4.69) is 10.6 Å². The molecular formula is C17H32N2O7. The number of nitrogens with one attached hydrogen (secondary N) is 2. The van der Waals surface area contributed by atoms with Crippen molar-refractivity contribution < 1.29 is 35.1 Å². The predicted octanol–water partition coefficient (Wildman–Crippen LogP) is -1.38. The number of aliphatic hydroxyl groups excluding tert-OH is 5. The summed E-state index contributed by atoms with van der Waals surface area (Å²) in [5.74, 6) is 0. The molecule has 0 fully saturated rings. The smallest absolute Gasteiger partial charge is 0.407 e. The molecule has 9 nitrogen and oxygen atoms in total. The average Bonchev–Trinajstić information content (AvgIpc) is 2.72. The molecule has 152 valence electrons. The van der Waals surface area contributed by atoms with Crippen LogP contribution in [0.1, 0.15) is 33.1 Å². The zero-order chi connectivity index (χ0) is 19.7. The first kappa shape index (κ1) is 22.8. The number of hydrogen-bond acceptors (Lipinski definition) is 8. The third-order valence-corrected chi connectivity index (χ3v) is 4.43. The van der Waals surface area contributed by atoms with E-state index in [-0.39, 0.29) is 26.0 Å². The Hall–Kier alpha value is -1.23. The Bertz CT molecular complexity index is 449. The van der Waals surface area contributed by atoms with E-state index >= 15 is 0 Å². The molecule has 0 bridgehead atoms. The minimum Gasteiger partial charge on any atom is -0.450 e. The van der Waals surface area contributed by atoms with Gasteiger partial charge in [-0.1, -0.05) is 19.1 Å². The van der Waals surface area contributed by atoms with Crippen LogP contribution in [0.25, 0.3) is 0 Å². The highest BCUT2D eigenvalue weighted by Gasteiger charge is 2.33. The zero-order valence-corrected chi connectivity index (χ0v) is 15.3. The van der Waals surface area contributed by atoms with Crippen molar-refractivity contribution in [1.82, 2.24) is 10.6 Å². The Morgan fingerprint density at radius 1 is 1.23 bits per heavy atom. The van der Waals surface area contributed by atoms with Gasteiger partial charge in [-0.2, -0.15) is 0 Å². The standard InChI is InChI=1S/C17H32N2O7/c1-3-10(20)8-14(22)12(19-17(25)26-4-2)9-18-11-6-5-7-13(21)16(24)15(11)23/h5-6,10-16,18,20-24H,3-4,7-9H2,1-2H3,(H,19,25). The van der Waals surface area contributed by atoms with Gasteiger partial charge in [0.25, 0.3) is 0 Å². The lowest BCUT2D eigenvalue weighted by atomic mass is 10.0. The Morgan fingerprint density at radius 2 is 1.92 bits per heavy atom. The van der Waals surface area contributed by atoms with Crippen molar-refractivity contribution in [3.05, 3.63) is 12.2 Å². The van der Waals surface area contributed by atoms with Crippen LogP contribution < -0.4 is 10.6 Å². The topological polar surface area (TPSA) is 152 Å². The highest BCUT2D eigenvalue weighted by Crippen LogP contribution is 2.15. The van der Waals surface area contributed by atoms with Gasteiger partial charge in [-0.3, -0.25) is 0 Å². The third kappa shape index (κ3) is 7.18. The van der Waals surface area contributed by atoms with Crippen molar-refractivity contribution in [2.24, 2.45) is 0 Å². The summed E-state index contributed by atoms with van der Waals surface area (Å²) < 4.78 is 4.83. The van der Waals surface area contributed by atoms with Crippen molar-refractivity contribution in [2.45, 2.75) is 75.7 Å². The lowest BCUT2D eigenvalue weighted by Gasteiger charge is -2.30. The lowest BCUT2D eigenvalue weighted by Crippen LogP contribution is -2.55. The summed E-state index contributed by atoms with van der Waals surface area (Å²) in [6.07, 6.45) is -2.05. The van der Waals surface area contributed by atoms with Crippen LogP contribution in [0.4, 0.5) is 4.79 Å². The Kier molecular flexibility index (Phi) is 10.1. The van der Waals surface area contributed by atoms with E-state index in [0.717, 1.165) is 0 Å². The summed E-state index contributed by atoms with van der Waals surface area (Å²) in [5.41, 5.74) is 0. The van der Waals surface area contributed by atoms with Gasteiger partial charge < -0.3 is 40.9 Å². The monoisotopic (exact) mass is 376 g/mol. The molecule has 0 aromatic rings. The fourth-order valence-electron chi connectivity index (χ4n) is 2.73. The van der Waals surface area contributed by atoms with E-state index in [1.165, 1.54) is 0 Å². The second-order valence-corrected chi connectivity index (χ2v) is 6.48. The molecule has 0 radical (unpaired) electrons. The van der Waals surface area contributed by atoms with Crippen LogP contribution in [0.5, 0.6) is 0 Å². The molecule has 7 N–H and O–H groups in total. The average molecular weight is 376 g/mol. The van der Waals surface area contributed by atoms with Gasteiger partial charge in [-0.25, -0.2) is 4.79 Å². The minimum absolute atomic E-state index is 0.0608. The maximum Gasteiger partial charge on any atom is 0.407 e. The number of carbonyl (C=O) groups is 1. The molecule has 1 aliphatic carbocycles. The highest BCUT2D eigenvalue weighted by molar-refractivity contribution is 5.67. The fraction of sp³-hybridized carbons (Fsp3) is 0.824. The van der Waals surface area contributed by atoms with E-state index in [0.29, 0.717) is 6.42 Å². The SMILES string of the molecule is CCOC(=O)NC(CNC1C=CCC(O)C(O)C1O)C(O)CC(O)CC. The van der Waals surface area contributed by atoms with Crippen molar-refractivity contribution in [3.63, 3.8) is 0 Å². The van der Waals surface area contributed by atoms with Crippen LogP contribution >= 0.6 is 0 Å². The van der Waals surface area contributed by atoms with Gasteiger partial charge >= 0.3 is 6.09 Å². The van der Waals surface area contributed by atoms with E-state index < -0.39 is 48.7 Å². The van der Waals surface area contributed by atoms with Crippen LogP contribution in [-0.4, -0.2) is 87.4 Å². The first-order chi connectivity index (χ1) is 12.3. The van der Waals surface area contributed by atoms with Crippen LogP contribution in [0.2, 0.25) is 0 Å². The van der Waals surface area contributed by atoms with E-state index in [1.807, 2.05) is 0 Å². The number of carbonyl (C=O) groups excluding carboxylic acids is 1. The Morgan fingerprint density at radius 3 is 2.54 bits per heavy atom. The number of aliphatic hydroxyl groups is 5. The fourth-order valence-corrected chi connectivity index (χ4v) is 2.73. The maximum atomic E-state index is 11.7. The molecule has 1 aliphatic rings. The number of ether oxygens (including phenoxy) is 1. The number of hydrogen-bond donors (Lipinski definition) is 7. The van der Waals surface area contributed by atoms with Gasteiger partial charge in [0.05, 0.1) is 37.0 Å². The Balaban J connectivity index is 2.72. The van der Waals surface area contributed by atoms with Crippen molar-refractivity contribution >= 4 is 6.09 Å². The van der Waals surface area contributed by atoms with Gasteiger partial charge in [0.1, 0.15) is 12.2 Å². The van der Waals surface area contributed by atoms with Crippen molar-refractivity contribution in [3.8, 4) is 0 Å². The van der Waals surface area contributed by atoms with Crippen molar-refractivity contribution in [2.75, 3.05) is 13.2 Å². The molecule has 0 aromatic carbocycles. The summed E-state index contributed by atoms with van der Waals surface area (Å²) in [5, 5.41) is 55.3. The van der Waals surface area contributed by atoms with E-state index in [9.17, 15) is 30.3 Å². The van der Waals surface area contributed by atoms with Gasteiger partial charge in [0.15, 0.2) is 0 Å². The number of amides is 1. The summed E-state index contributed by atoms with van der Waals surface area (Å²) in [4.78, 5) is 11.7. The first-order valence-electron chi connectivity index (χ1n) is 9.03. The highest BCUT2D eigenvalue weighted by atomic mass is 16.5. The molecule has 0 aromatic heterocycles. The van der Waals surface area contributed by atoms with E-state index in [4.69, 9.17) is 4.74 Å². The van der Waals surface area contributed by atoms with Crippen LogP contribution in [0.15, 0.2) is 12.2 Å². The molecule has 0 saturated heterocycles. The molecule has 7 unspecified atom stereocenters. The van der Waals surface area contributed by atoms with Crippen molar-refractivity contribution in [1.29, 1.82) is 0 Å². The molecule has 9 heteroatoms. The molecule has 7 atom stereocenters. The largest absolute Gasteiger partial charge is 0.450 e. The summed E-state index contributed by atoms with van der Waals surface area (Å²) in [6, 6.07) is -1.45. The van der Waals surface area contributed by atoms with Gasteiger partial charge in [0, 0.05) is 13.0 Å². The summed E-state index contributed by atoms with van der Waals surface area (Å²) in [7, 11) is 0. The van der Waals surface area contributed by atoms with Crippen LogP contribution in [0.3, 0.4) is 0 Å². The molecule has 26 heavy (non-hydrogen) atoms. The predicted molar refractivity (Wildman–Crippen MR) is 94.4 cm³/mol. The quantitative estimate of drug-likeness (QED) is 0.243. The third-order valence-electron chi connectivity index (χ3n) is 4.43. The molecule has 0 saturated carbocycles. The molecule has 0 spiro atoms. The summed E-state index contributed by atoms with van der Waals surface area (Å²) in [6.45, 7) is 3.67. The number of rotatable bonds is 9. The molecule has 0 aliphatic heterocycles. The van der Waals surface area contributed by atoms with Gasteiger partial charge in [0.2, 0.25) is 0 Å². The second kappa shape index (κ2) is 11.5. The van der Waals surface area contributed by atoms with E-state index in [1.54, 1.807) is 26.0 Å². The molecule has 1 rings (SSSR count). The zero-order valence-electron chi connectivity index (χ0n) is 15.3. The lowest BCUT2D eigenvalue weighted by molar-refractivity contribution is -0.0624. The normalized spacial score (nSPS) is 29.5. The first-order valence-corrected chi connectivity index (χ1v) is 9.03. The number of alkyl carbamates (subject to hydrolysis) is 1. The maximum absolute atomic E-state index is 11.7. The van der Waals surface area contributed by atoms with Crippen LogP contribution in [-0.2, 0) is 4.74 Å². The minimum atomic E-state index is -1.31. The molecule has 1 amide bonds. The summed E-state index contributed by atoms with van der Waals surface area (Å²) >= 11 is 0. The Labute approximate surface area is 153 Å². The molecule has 0 heterocycles. The van der Waals surface area contributed by atoms with Gasteiger partial charge in [-0.15, -0.1) is 0 Å². The van der Waals surface area contributed by atoms with Gasteiger partial charge in [-0.05, 0) is 19.8 Å².